The maximum Gasteiger partial charge on any atom is 0.319 e. The fraction of sp³-hybridized carbons (Fsp3) is 0.387. The Morgan fingerprint density at radius 2 is 1.84 bits per heavy atom. The van der Waals surface area contributed by atoms with E-state index in [1.807, 2.05) is 6.07 Å². The molecule has 1 saturated heterocycles. The molecular formula is C31H38ClF2N5O5S. The summed E-state index contributed by atoms with van der Waals surface area (Å²) in [6, 6.07) is 11.0. The number of benzene rings is 2. The van der Waals surface area contributed by atoms with Crippen molar-refractivity contribution in [2.24, 2.45) is 5.73 Å². The lowest BCUT2D eigenvalue weighted by Crippen LogP contribution is -2.50. The zero-order chi connectivity index (χ0) is 31.9. The number of pyridine rings is 1. The lowest BCUT2D eigenvalue weighted by atomic mass is 9.93. The topological polar surface area (TPSA) is 144 Å². The second kappa shape index (κ2) is 16.0. The maximum atomic E-state index is 14.3. The number of unbranched alkanes of at least 4 members (excludes halogenated alkanes) is 1. The van der Waals surface area contributed by atoms with Crippen LogP contribution < -0.4 is 21.1 Å². The molecule has 3 aromatic rings. The van der Waals surface area contributed by atoms with E-state index in [1.165, 1.54) is 12.1 Å². The molecular weight excluding hydrogens is 628 g/mol. The number of halogens is 3. The summed E-state index contributed by atoms with van der Waals surface area (Å²) in [5.41, 5.74) is 5.80. The van der Waals surface area contributed by atoms with E-state index < -0.39 is 39.8 Å². The first-order valence-electron chi connectivity index (χ1n) is 14.4. The third-order valence-corrected chi connectivity index (χ3v) is 8.60. The molecule has 0 saturated carbocycles. The van der Waals surface area contributed by atoms with E-state index in [9.17, 15) is 26.8 Å². The van der Waals surface area contributed by atoms with Gasteiger partial charge in [0, 0.05) is 49.8 Å². The first-order chi connectivity index (χ1) is 20.9. The lowest BCUT2D eigenvalue weighted by Gasteiger charge is -2.40. The molecule has 244 valence electrons. The van der Waals surface area contributed by atoms with Crippen molar-refractivity contribution in [2.75, 3.05) is 18.1 Å². The van der Waals surface area contributed by atoms with Crippen molar-refractivity contribution in [3.8, 4) is 11.6 Å². The van der Waals surface area contributed by atoms with Crippen molar-refractivity contribution in [1.82, 2.24) is 15.2 Å². The van der Waals surface area contributed by atoms with Gasteiger partial charge in [-0.05, 0) is 60.7 Å². The van der Waals surface area contributed by atoms with Gasteiger partial charge in [0.25, 0.3) is 0 Å². The number of carbonyl (C=O) groups excluding carboxylic acids is 2. The van der Waals surface area contributed by atoms with Crippen LogP contribution in [-0.4, -0.2) is 55.1 Å². The van der Waals surface area contributed by atoms with Crippen molar-refractivity contribution in [2.45, 2.75) is 69.0 Å². The van der Waals surface area contributed by atoms with E-state index in [2.05, 4.69) is 27.4 Å². The van der Waals surface area contributed by atoms with Crippen molar-refractivity contribution < 1.29 is 31.5 Å². The molecule has 14 heteroatoms. The molecule has 45 heavy (non-hydrogen) atoms. The lowest BCUT2D eigenvalue weighted by molar-refractivity contribution is -0.117. The number of urea groups is 1. The van der Waals surface area contributed by atoms with Crippen molar-refractivity contribution in [1.29, 1.82) is 0 Å². The van der Waals surface area contributed by atoms with Crippen LogP contribution in [0, 0.1) is 11.6 Å². The third kappa shape index (κ3) is 10.4. The molecule has 2 atom stereocenters. The highest BCUT2D eigenvalue weighted by Gasteiger charge is 2.29. The van der Waals surface area contributed by atoms with E-state index in [0.717, 1.165) is 43.7 Å². The first-order valence-corrected chi connectivity index (χ1v) is 16.3. The second-order valence-electron chi connectivity index (χ2n) is 11.0. The molecule has 2 heterocycles. The minimum atomic E-state index is -3.29. The number of hydrogen-bond donors (Lipinski definition) is 3. The Hall–Kier alpha value is -3.81. The van der Waals surface area contributed by atoms with Gasteiger partial charge in [0.05, 0.1) is 17.0 Å². The number of nitrogens with two attached hydrogens (primary N) is 1. The average Bonchev–Trinajstić information content (AvgIpc) is 2.96. The zero-order valence-electron chi connectivity index (χ0n) is 25.1. The van der Waals surface area contributed by atoms with Gasteiger partial charge in [-0.1, -0.05) is 25.8 Å². The van der Waals surface area contributed by atoms with Gasteiger partial charge < -0.3 is 21.1 Å². The Morgan fingerprint density at radius 1 is 1.11 bits per heavy atom. The van der Waals surface area contributed by atoms with E-state index in [0.29, 0.717) is 37.1 Å². The molecule has 1 fully saturated rings. The molecule has 4 N–H and O–H groups in total. The number of aromatic nitrogens is 1. The van der Waals surface area contributed by atoms with Gasteiger partial charge in [0.2, 0.25) is 11.8 Å². The molecule has 0 radical (unpaired) electrons. The highest BCUT2D eigenvalue weighted by atomic mass is 35.5. The number of carbonyl (C=O) groups is 2. The van der Waals surface area contributed by atoms with Gasteiger partial charge in [-0.25, -0.2) is 27.0 Å². The standard InChI is InChI=1S/C31H37F2N5O5S.ClH/c1-3-4-5-23-16-22(36-31(40)37-28-14-21(15-29(34)39)26(32)17-27(28)33)12-13-38(23)19-20-6-11-30(35-18-20)43-24-7-9-25(10-8-24)44(2,41)42;/h6-11,14,17-18,22-23H,3-5,12-13,15-16,19H2,1-2H3,(H2,34,39)(H2,36,37,40);1H. The number of likely N-dealkylation sites (tertiary alicyclic amines) is 1. The fourth-order valence-corrected chi connectivity index (χ4v) is 5.84. The Bertz CT molecular complexity index is 1580. The predicted molar refractivity (Wildman–Crippen MR) is 169 cm³/mol. The highest BCUT2D eigenvalue weighted by Crippen LogP contribution is 2.26. The average molecular weight is 666 g/mol. The van der Waals surface area contributed by atoms with E-state index in [4.69, 9.17) is 10.5 Å². The molecule has 0 bridgehead atoms. The van der Waals surface area contributed by atoms with Crippen LogP contribution in [0.1, 0.15) is 50.2 Å². The van der Waals surface area contributed by atoms with E-state index in [-0.39, 0.29) is 40.6 Å². The number of sulfone groups is 1. The quantitative estimate of drug-likeness (QED) is 0.237. The number of hydrogen-bond acceptors (Lipinski definition) is 7. The molecule has 2 aromatic carbocycles. The number of rotatable bonds is 12. The minimum Gasteiger partial charge on any atom is -0.439 e. The Balaban J connectivity index is 0.00000552. The SMILES string of the molecule is CCCCC1CC(NC(=O)Nc2cc(CC(N)=O)c(F)cc2F)CCN1Cc1ccc(Oc2ccc(S(C)(=O)=O)cc2)nc1.Cl. The number of anilines is 1. The van der Waals surface area contributed by atoms with E-state index in [1.54, 1.807) is 24.4 Å². The second-order valence-corrected chi connectivity index (χ2v) is 13.0. The molecule has 1 aliphatic heterocycles. The number of ether oxygens (including phenoxy) is 1. The molecule has 4 rings (SSSR count). The number of amides is 3. The van der Waals surface area contributed by atoms with Gasteiger partial charge in [0.15, 0.2) is 9.84 Å². The van der Waals surface area contributed by atoms with Crippen molar-refractivity contribution in [3.05, 3.63) is 77.5 Å². The predicted octanol–water partition coefficient (Wildman–Crippen LogP) is 5.35. The summed E-state index contributed by atoms with van der Waals surface area (Å²) in [5.74, 6) is -1.76. The van der Waals surface area contributed by atoms with Crippen molar-refractivity contribution in [3.63, 3.8) is 0 Å². The van der Waals surface area contributed by atoms with Crippen LogP contribution in [0.2, 0.25) is 0 Å². The Kier molecular flexibility index (Phi) is 12.6. The number of nitrogens with zero attached hydrogens (tertiary/aromatic N) is 2. The van der Waals surface area contributed by atoms with E-state index >= 15 is 0 Å². The molecule has 10 nitrogen and oxygen atoms in total. The largest absolute Gasteiger partial charge is 0.439 e. The van der Waals surface area contributed by atoms with Gasteiger partial charge in [-0.3, -0.25) is 9.69 Å². The number of primary amides is 1. The van der Waals surface area contributed by atoms with Crippen LogP contribution in [0.5, 0.6) is 11.6 Å². The van der Waals surface area contributed by atoms with Gasteiger partial charge in [-0.15, -0.1) is 12.4 Å². The van der Waals surface area contributed by atoms with Gasteiger partial charge in [-0.2, -0.15) is 0 Å². The first kappa shape index (κ1) is 35.7. The monoisotopic (exact) mass is 665 g/mol. The third-order valence-electron chi connectivity index (χ3n) is 7.47. The zero-order valence-corrected chi connectivity index (χ0v) is 26.7. The van der Waals surface area contributed by atoms with Crippen molar-refractivity contribution >= 4 is 39.9 Å². The smallest absolute Gasteiger partial charge is 0.319 e. The summed E-state index contributed by atoms with van der Waals surface area (Å²) < 4.78 is 57.4. The number of piperidine rings is 1. The molecule has 2 unspecified atom stereocenters. The Labute approximate surface area is 268 Å². The molecule has 1 aromatic heterocycles. The molecule has 1 aliphatic rings. The fourth-order valence-electron chi connectivity index (χ4n) is 5.21. The number of nitrogens with one attached hydrogen (secondary N) is 2. The summed E-state index contributed by atoms with van der Waals surface area (Å²) in [4.78, 5) is 30.9. The van der Waals surface area contributed by atoms with Crippen LogP contribution in [0.4, 0.5) is 19.3 Å². The molecule has 0 aliphatic carbocycles. The summed E-state index contributed by atoms with van der Waals surface area (Å²) in [6.45, 7) is 3.50. The van der Waals surface area contributed by atoms with Crippen LogP contribution in [0.15, 0.2) is 59.6 Å². The highest BCUT2D eigenvalue weighted by molar-refractivity contribution is 7.90. The summed E-state index contributed by atoms with van der Waals surface area (Å²) in [6.07, 6.45) is 6.85. The maximum absolute atomic E-state index is 14.3. The normalized spacial score (nSPS) is 16.8. The summed E-state index contributed by atoms with van der Waals surface area (Å²) in [7, 11) is -3.29. The van der Waals surface area contributed by atoms with Crippen LogP contribution in [0.3, 0.4) is 0 Å². The summed E-state index contributed by atoms with van der Waals surface area (Å²) >= 11 is 0. The van der Waals surface area contributed by atoms with Crippen LogP contribution >= 0.6 is 12.4 Å². The van der Waals surface area contributed by atoms with Crippen LogP contribution in [-0.2, 0) is 27.6 Å². The molecule has 3 amide bonds. The van der Waals surface area contributed by atoms with Crippen LogP contribution in [0.25, 0.3) is 0 Å². The van der Waals surface area contributed by atoms with Gasteiger partial charge in [0.1, 0.15) is 17.4 Å². The van der Waals surface area contributed by atoms with Gasteiger partial charge >= 0.3 is 6.03 Å². The summed E-state index contributed by atoms with van der Waals surface area (Å²) in [5, 5.41) is 5.35. The minimum absolute atomic E-state index is 0. The molecule has 0 spiro atoms. The Morgan fingerprint density at radius 3 is 2.47 bits per heavy atom.